The average molecular weight is 566 g/mol. The van der Waals surface area contributed by atoms with Crippen molar-refractivity contribution in [3.05, 3.63) is 47.1 Å². The first-order valence-electron chi connectivity index (χ1n) is 13.8. The van der Waals surface area contributed by atoms with Gasteiger partial charge in [0.15, 0.2) is 5.75 Å². The number of rotatable bonds is 8. The molecule has 40 heavy (non-hydrogen) atoms. The number of piperazine rings is 1. The van der Waals surface area contributed by atoms with E-state index >= 15 is 0 Å². The molecule has 3 aliphatic heterocycles. The molecule has 1 amide bonds. The number of likely N-dealkylation sites (tertiary alicyclic amines) is 1. The molecule has 0 aliphatic carbocycles. The van der Waals surface area contributed by atoms with Crippen molar-refractivity contribution >= 4 is 29.0 Å². The summed E-state index contributed by atoms with van der Waals surface area (Å²) in [6.45, 7) is 8.12. The topological polar surface area (TPSA) is 98.1 Å². The lowest BCUT2D eigenvalue weighted by Crippen LogP contribution is -2.55. The molecule has 1 aromatic heterocycles. The van der Waals surface area contributed by atoms with Crippen LogP contribution < -0.4 is 19.3 Å². The summed E-state index contributed by atoms with van der Waals surface area (Å²) in [4.78, 5) is 30.7. The van der Waals surface area contributed by atoms with Crippen LogP contribution in [0.4, 0.5) is 11.5 Å². The van der Waals surface area contributed by atoms with Crippen LogP contribution in [0, 0.1) is 11.3 Å². The number of nitrogens with zero attached hydrogens (tertiary/aromatic N) is 7. The van der Waals surface area contributed by atoms with Gasteiger partial charge in [-0.2, -0.15) is 15.2 Å². The van der Waals surface area contributed by atoms with E-state index in [-0.39, 0.29) is 18.4 Å². The number of para-hydroxylation sites is 1. The zero-order valence-electron chi connectivity index (χ0n) is 23.2. The molecule has 0 N–H and O–H groups in total. The maximum Gasteiger partial charge on any atom is 0.318 e. The Bertz CT molecular complexity index is 1300. The second-order valence-electron chi connectivity index (χ2n) is 10.5. The molecule has 10 nitrogen and oxygen atoms in total. The number of benzene rings is 1. The number of carbonyl (C=O) groups is 1. The zero-order chi connectivity index (χ0) is 28.2. The number of carbonyl (C=O) groups excluding carboxylic acids is 1. The normalized spacial score (nSPS) is 21.1. The summed E-state index contributed by atoms with van der Waals surface area (Å²) in [6.07, 6.45) is 4.53. The third-order valence-corrected chi connectivity index (χ3v) is 8.45. The van der Waals surface area contributed by atoms with Gasteiger partial charge in [-0.05, 0) is 51.1 Å². The largest absolute Gasteiger partial charge is 0.493 e. The van der Waals surface area contributed by atoms with Crippen LogP contribution in [0.2, 0.25) is 5.02 Å². The maximum atomic E-state index is 12.5. The van der Waals surface area contributed by atoms with Crippen LogP contribution in [0.3, 0.4) is 0 Å². The summed E-state index contributed by atoms with van der Waals surface area (Å²) >= 11 is 6.44. The Morgan fingerprint density at radius 3 is 2.80 bits per heavy atom. The van der Waals surface area contributed by atoms with Crippen molar-refractivity contribution in [1.29, 1.82) is 5.26 Å². The highest BCUT2D eigenvalue weighted by Crippen LogP contribution is 2.39. The van der Waals surface area contributed by atoms with E-state index in [1.807, 2.05) is 18.2 Å². The summed E-state index contributed by atoms with van der Waals surface area (Å²) in [7, 11) is 3.75. The van der Waals surface area contributed by atoms with Crippen molar-refractivity contribution in [1.82, 2.24) is 19.8 Å². The summed E-state index contributed by atoms with van der Waals surface area (Å²) in [5.74, 6) is 1.32. The fourth-order valence-corrected chi connectivity index (χ4v) is 6.21. The van der Waals surface area contributed by atoms with Gasteiger partial charge < -0.3 is 29.1 Å². The van der Waals surface area contributed by atoms with Crippen LogP contribution >= 0.6 is 11.6 Å². The van der Waals surface area contributed by atoms with Crippen molar-refractivity contribution in [3.63, 3.8) is 0 Å². The van der Waals surface area contributed by atoms with E-state index in [4.69, 9.17) is 31.0 Å². The van der Waals surface area contributed by atoms with Gasteiger partial charge in [0.25, 0.3) is 0 Å². The molecule has 2 aromatic rings. The first-order valence-corrected chi connectivity index (χ1v) is 14.2. The predicted molar refractivity (Wildman–Crippen MR) is 154 cm³/mol. The zero-order valence-corrected chi connectivity index (χ0v) is 23.9. The van der Waals surface area contributed by atoms with Gasteiger partial charge in [0.1, 0.15) is 12.4 Å². The highest BCUT2D eigenvalue weighted by molar-refractivity contribution is 6.32. The van der Waals surface area contributed by atoms with Gasteiger partial charge in [0.05, 0.1) is 48.6 Å². The minimum Gasteiger partial charge on any atom is -0.493 e. The van der Waals surface area contributed by atoms with E-state index in [1.165, 1.54) is 6.08 Å². The Morgan fingerprint density at radius 2 is 2.08 bits per heavy atom. The van der Waals surface area contributed by atoms with E-state index in [0.29, 0.717) is 55.6 Å². The van der Waals surface area contributed by atoms with Crippen molar-refractivity contribution in [2.45, 2.75) is 44.3 Å². The Morgan fingerprint density at radius 1 is 1.23 bits per heavy atom. The summed E-state index contributed by atoms with van der Waals surface area (Å²) in [6, 6.07) is 8.44. The standard InChI is InChI=1S/C29H36ClN7O3/c1-4-26(38)37-16-15-36(17-20(37)10-12-31)28-22-11-14-35(25-9-5-8-23(30)27(25)39-3)18-24(22)32-29(33-28)40-19-21-7-6-13-34(21)2/h4-5,8-9,20-21H,1,6-7,10-11,13-19H2,2-3H3/t20-,21-/m0/s1. The van der Waals surface area contributed by atoms with E-state index in [0.717, 1.165) is 55.1 Å². The van der Waals surface area contributed by atoms with Crippen LogP contribution in [-0.2, 0) is 17.8 Å². The first kappa shape index (κ1) is 28.0. The molecule has 0 bridgehead atoms. The second-order valence-corrected chi connectivity index (χ2v) is 10.9. The molecule has 2 fully saturated rings. The van der Waals surface area contributed by atoms with E-state index in [2.05, 4.69) is 34.4 Å². The molecule has 0 unspecified atom stereocenters. The molecule has 1 aromatic carbocycles. The van der Waals surface area contributed by atoms with Gasteiger partial charge in [-0.25, -0.2) is 0 Å². The van der Waals surface area contributed by atoms with E-state index in [9.17, 15) is 10.1 Å². The molecular formula is C29H36ClN7O3. The number of likely N-dealkylation sites (N-methyl/N-ethyl adjacent to an activating group) is 1. The number of hydrogen-bond donors (Lipinski definition) is 0. The third kappa shape index (κ3) is 5.67. The molecule has 5 rings (SSSR count). The van der Waals surface area contributed by atoms with Gasteiger partial charge in [0, 0.05) is 37.8 Å². The molecule has 0 spiro atoms. The van der Waals surface area contributed by atoms with Crippen molar-refractivity contribution in [2.24, 2.45) is 0 Å². The quantitative estimate of drug-likeness (QED) is 0.446. The van der Waals surface area contributed by atoms with Gasteiger partial charge in [-0.1, -0.05) is 24.2 Å². The summed E-state index contributed by atoms with van der Waals surface area (Å²) in [5.41, 5.74) is 2.89. The number of halogens is 1. The number of hydrogen-bond acceptors (Lipinski definition) is 9. The lowest BCUT2D eigenvalue weighted by Gasteiger charge is -2.42. The minimum absolute atomic E-state index is 0.152. The van der Waals surface area contributed by atoms with Gasteiger partial charge in [-0.15, -0.1) is 0 Å². The molecule has 4 heterocycles. The lowest BCUT2D eigenvalue weighted by atomic mass is 10.0. The molecule has 3 aliphatic rings. The van der Waals surface area contributed by atoms with E-state index < -0.39 is 0 Å². The summed E-state index contributed by atoms with van der Waals surface area (Å²) < 4.78 is 11.9. The van der Waals surface area contributed by atoms with Crippen LogP contribution in [0.5, 0.6) is 11.8 Å². The highest BCUT2D eigenvalue weighted by atomic mass is 35.5. The molecule has 2 atom stereocenters. The third-order valence-electron chi connectivity index (χ3n) is 8.16. The molecule has 0 radical (unpaired) electrons. The Hall–Kier alpha value is -3.55. The fourth-order valence-electron chi connectivity index (χ4n) is 5.96. The van der Waals surface area contributed by atoms with Crippen molar-refractivity contribution < 1.29 is 14.3 Å². The number of ether oxygens (including phenoxy) is 2. The SMILES string of the molecule is C=CC(=O)N1CCN(c2nc(OC[C@@H]3CCCN3C)nc3c2CCN(c2cccc(Cl)c2OC)C3)C[C@@H]1CC#N. The molecule has 2 saturated heterocycles. The molecule has 212 valence electrons. The van der Waals surface area contributed by atoms with Crippen LogP contribution in [-0.4, -0.2) is 91.2 Å². The smallest absolute Gasteiger partial charge is 0.318 e. The first-order chi connectivity index (χ1) is 19.4. The second kappa shape index (κ2) is 12.3. The fraction of sp³-hybridized carbons (Fsp3) is 0.517. The Balaban J connectivity index is 1.47. The van der Waals surface area contributed by atoms with Crippen LogP contribution in [0.15, 0.2) is 30.9 Å². The lowest BCUT2D eigenvalue weighted by molar-refractivity contribution is -0.128. The molecular weight excluding hydrogens is 530 g/mol. The van der Waals surface area contributed by atoms with Gasteiger partial charge >= 0.3 is 6.01 Å². The van der Waals surface area contributed by atoms with Crippen molar-refractivity contribution in [2.75, 3.05) is 63.3 Å². The highest BCUT2D eigenvalue weighted by Gasteiger charge is 2.34. The van der Waals surface area contributed by atoms with E-state index in [1.54, 1.807) is 12.0 Å². The van der Waals surface area contributed by atoms with Crippen molar-refractivity contribution in [3.8, 4) is 17.8 Å². The number of amides is 1. The molecule has 11 heteroatoms. The summed E-state index contributed by atoms with van der Waals surface area (Å²) in [5, 5.41) is 10.0. The predicted octanol–water partition coefficient (Wildman–Crippen LogP) is 3.29. The number of fused-ring (bicyclic) bond motifs is 1. The van der Waals surface area contributed by atoms with Gasteiger partial charge in [0.2, 0.25) is 5.91 Å². The number of anilines is 2. The number of aromatic nitrogens is 2. The number of methoxy groups -OCH3 is 1. The van der Waals surface area contributed by atoms with Gasteiger partial charge in [-0.3, -0.25) is 4.79 Å². The van der Waals surface area contributed by atoms with Crippen LogP contribution in [0.25, 0.3) is 0 Å². The average Bonchev–Trinajstić information content (AvgIpc) is 3.39. The van der Waals surface area contributed by atoms with Crippen LogP contribution in [0.1, 0.15) is 30.5 Å². The maximum absolute atomic E-state index is 12.5. The Labute approximate surface area is 240 Å². The number of nitriles is 1. The monoisotopic (exact) mass is 565 g/mol. The minimum atomic E-state index is -0.248. The molecule has 0 saturated carbocycles. The Kier molecular flexibility index (Phi) is 8.62.